The molecular formula is C24H32Cl2N2OS. The fourth-order valence-electron chi connectivity index (χ4n) is 3.65. The zero-order valence-electron chi connectivity index (χ0n) is 18.1. The van der Waals surface area contributed by atoms with Crippen LogP contribution >= 0.6 is 35.3 Å². The molecule has 0 saturated heterocycles. The standard InChI is InChI=1S/C24H31ClN2OS.ClH/c1-4-6-13-27(14-7-5-2)15-12-26-20-11-8-17(3)24-22(20)23(28)19-10-9-18(25)16-21(19)29-24;/h8-11,16,26H,4-7,12-15H2,1-3H3;1H. The molecule has 2 aromatic carbocycles. The van der Waals surface area contributed by atoms with Gasteiger partial charge in [0.25, 0.3) is 0 Å². The van der Waals surface area contributed by atoms with E-state index in [0.29, 0.717) is 5.02 Å². The molecule has 0 bridgehead atoms. The molecule has 1 aromatic heterocycles. The van der Waals surface area contributed by atoms with Gasteiger partial charge in [-0.1, -0.05) is 44.4 Å². The highest BCUT2D eigenvalue weighted by atomic mass is 35.5. The number of unbranched alkanes of at least 4 members (excludes halogenated alkanes) is 2. The number of hydrogen-bond acceptors (Lipinski definition) is 4. The lowest BCUT2D eigenvalue weighted by Gasteiger charge is -2.22. The Bertz CT molecular complexity index is 1030. The second kappa shape index (κ2) is 11.9. The Kier molecular flexibility index (Phi) is 9.89. The summed E-state index contributed by atoms with van der Waals surface area (Å²) in [6.45, 7) is 10.7. The molecule has 0 amide bonds. The maximum atomic E-state index is 13.3. The molecular weight excluding hydrogens is 435 g/mol. The molecule has 0 aliphatic heterocycles. The molecule has 0 radical (unpaired) electrons. The van der Waals surface area contributed by atoms with Crippen LogP contribution in [0.5, 0.6) is 0 Å². The lowest BCUT2D eigenvalue weighted by atomic mass is 10.1. The van der Waals surface area contributed by atoms with Gasteiger partial charge in [0.2, 0.25) is 0 Å². The van der Waals surface area contributed by atoms with Crippen molar-refractivity contribution < 1.29 is 0 Å². The Morgan fingerprint density at radius 3 is 2.40 bits per heavy atom. The summed E-state index contributed by atoms with van der Waals surface area (Å²) in [4.78, 5) is 15.8. The smallest absolute Gasteiger partial charge is 0.197 e. The van der Waals surface area contributed by atoms with Gasteiger partial charge in [-0.2, -0.15) is 0 Å². The molecule has 1 N–H and O–H groups in total. The Morgan fingerprint density at radius 2 is 1.73 bits per heavy atom. The highest BCUT2D eigenvalue weighted by Gasteiger charge is 2.13. The Balaban J connectivity index is 0.00000320. The second-order valence-electron chi connectivity index (χ2n) is 7.68. The fraction of sp³-hybridized carbons (Fsp3) is 0.458. The van der Waals surface area contributed by atoms with Crippen molar-refractivity contribution in [1.82, 2.24) is 4.90 Å². The Hall–Kier alpha value is -1.33. The summed E-state index contributed by atoms with van der Waals surface area (Å²) in [7, 11) is 0. The van der Waals surface area contributed by atoms with Crippen molar-refractivity contribution in [2.75, 3.05) is 31.5 Å². The van der Waals surface area contributed by atoms with Gasteiger partial charge in [0.1, 0.15) is 0 Å². The summed E-state index contributed by atoms with van der Waals surface area (Å²) < 4.78 is 1.99. The van der Waals surface area contributed by atoms with E-state index >= 15 is 0 Å². The van der Waals surface area contributed by atoms with Crippen molar-refractivity contribution in [3.05, 3.63) is 51.1 Å². The molecule has 3 aromatic rings. The van der Waals surface area contributed by atoms with Crippen LogP contribution in [0.3, 0.4) is 0 Å². The molecule has 3 nitrogen and oxygen atoms in total. The van der Waals surface area contributed by atoms with E-state index in [1.807, 2.05) is 12.1 Å². The number of anilines is 1. The highest BCUT2D eigenvalue weighted by Crippen LogP contribution is 2.32. The summed E-state index contributed by atoms with van der Waals surface area (Å²) >= 11 is 7.80. The van der Waals surface area contributed by atoms with Crippen LogP contribution in [0, 0.1) is 6.92 Å². The fourth-order valence-corrected chi connectivity index (χ4v) is 5.10. The maximum absolute atomic E-state index is 13.3. The average Bonchev–Trinajstić information content (AvgIpc) is 2.71. The first-order chi connectivity index (χ1) is 14.0. The lowest BCUT2D eigenvalue weighted by Crippen LogP contribution is -2.31. The van der Waals surface area contributed by atoms with Crippen LogP contribution < -0.4 is 10.7 Å². The van der Waals surface area contributed by atoms with Gasteiger partial charge >= 0.3 is 0 Å². The van der Waals surface area contributed by atoms with E-state index in [1.54, 1.807) is 17.4 Å². The van der Waals surface area contributed by atoms with Crippen molar-refractivity contribution >= 4 is 61.2 Å². The van der Waals surface area contributed by atoms with E-state index in [2.05, 4.69) is 43.1 Å². The molecule has 0 aliphatic rings. The van der Waals surface area contributed by atoms with Crippen molar-refractivity contribution in [2.24, 2.45) is 0 Å². The van der Waals surface area contributed by atoms with Crippen molar-refractivity contribution in [2.45, 2.75) is 46.5 Å². The largest absolute Gasteiger partial charge is 0.383 e. The SMILES string of the molecule is CCCCN(CCCC)CCNc1ccc(C)c2sc3cc(Cl)ccc3c(=O)c12.Cl. The predicted molar refractivity (Wildman–Crippen MR) is 137 cm³/mol. The number of benzene rings is 2. The van der Waals surface area contributed by atoms with Gasteiger partial charge in [0.15, 0.2) is 5.43 Å². The maximum Gasteiger partial charge on any atom is 0.197 e. The van der Waals surface area contributed by atoms with E-state index in [4.69, 9.17) is 11.6 Å². The van der Waals surface area contributed by atoms with Crippen LogP contribution in [-0.4, -0.2) is 31.1 Å². The summed E-state index contributed by atoms with van der Waals surface area (Å²) in [5.74, 6) is 0. The van der Waals surface area contributed by atoms with Gasteiger partial charge in [-0.3, -0.25) is 4.79 Å². The van der Waals surface area contributed by atoms with Crippen molar-refractivity contribution in [3.63, 3.8) is 0 Å². The molecule has 0 fully saturated rings. The van der Waals surface area contributed by atoms with Crippen molar-refractivity contribution in [3.8, 4) is 0 Å². The third-order valence-corrected chi connectivity index (χ3v) is 6.90. The molecule has 0 atom stereocenters. The third kappa shape index (κ3) is 5.88. The van der Waals surface area contributed by atoms with Gasteiger partial charge in [-0.15, -0.1) is 23.7 Å². The summed E-state index contributed by atoms with van der Waals surface area (Å²) in [5.41, 5.74) is 2.15. The quantitative estimate of drug-likeness (QED) is 0.323. The molecule has 164 valence electrons. The van der Waals surface area contributed by atoms with E-state index in [1.165, 1.54) is 25.7 Å². The minimum atomic E-state index is 0. The second-order valence-corrected chi connectivity index (χ2v) is 9.17. The van der Waals surface area contributed by atoms with Crippen LogP contribution in [0.25, 0.3) is 20.2 Å². The van der Waals surface area contributed by atoms with Gasteiger partial charge in [0, 0.05) is 38.6 Å². The van der Waals surface area contributed by atoms with E-state index < -0.39 is 0 Å². The summed E-state index contributed by atoms with van der Waals surface area (Å²) in [5, 5.41) is 5.77. The average molecular weight is 468 g/mol. The minimum Gasteiger partial charge on any atom is -0.383 e. The van der Waals surface area contributed by atoms with Crippen LogP contribution in [0.1, 0.15) is 45.1 Å². The molecule has 3 rings (SSSR count). The minimum absolute atomic E-state index is 0. The summed E-state index contributed by atoms with van der Waals surface area (Å²) in [6.07, 6.45) is 4.91. The van der Waals surface area contributed by atoms with Crippen LogP contribution in [0.4, 0.5) is 5.69 Å². The molecule has 0 aliphatic carbocycles. The first-order valence-corrected chi connectivity index (χ1v) is 11.9. The zero-order chi connectivity index (χ0) is 20.8. The van der Waals surface area contributed by atoms with E-state index in [9.17, 15) is 4.79 Å². The van der Waals surface area contributed by atoms with Crippen LogP contribution in [0.15, 0.2) is 35.1 Å². The first-order valence-electron chi connectivity index (χ1n) is 10.7. The third-order valence-electron chi connectivity index (χ3n) is 5.38. The summed E-state index contributed by atoms with van der Waals surface area (Å²) in [6, 6.07) is 9.69. The number of rotatable bonds is 10. The molecule has 1 heterocycles. The van der Waals surface area contributed by atoms with Crippen LogP contribution in [0.2, 0.25) is 5.02 Å². The highest BCUT2D eigenvalue weighted by molar-refractivity contribution is 7.24. The number of hydrogen-bond donors (Lipinski definition) is 1. The Labute approximate surface area is 194 Å². The molecule has 0 spiro atoms. The van der Waals surface area contributed by atoms with Gasteiger partial charge < -0.3 is 10.2 Å². The number of nitrogens with zero attached hydrogens (tertiary/aromatic N) is 1. The number of fused-ring (bicyclic) bond motifs is 2. The van der Waals surface area contributed by atoms with Crippen LogP contribution in [-0.2, 0) is 0 Å². The van der Waals surface area contributed by atoms with Gasteiger partial charge in [-0.25, -0.2) is 0 Å². The van der Waals surface area contributed by atoms with E-state index in [0.717, 1.165) is 57.6 Å². The number of halogens is 2. The topological polar surface area (TPSA) is 32.3 Å². The van der Waals surface area contributed by atoms with E-state index in [-0.39, 0.29) is 17.8 Å². The van der Waals surface area contributed by atoms with Gasteiger partial charge in [-0.05, 0) is 62.7 Å². The molecule has 0 unspecified atom stereocenters. The molecule has 0 saturated carbocycles. The lowest BCUT2D eigenvalue weighted by molar-refractivity contribution is 0.275. The predicted octanol–water partition coefficient (Wildman–Crippen LogP) is 7.11. The number of aryl methyl sites for hydroxylation is 1. The zero-order valence-corrected chi connectivity index (χ0v) is 20.5. The normalized spacial score (nSPS) is 11.2. The first kappa shape index (κ1) is 24.9. The molecule has 30 heavy (non-hydrogen) atoms. The van der Waals surface area contributed by atoms with Crippen molar-refractivity contribution in [1.29, 1.82) is 0 Å². The Morgan fingerprint density at radius 1 is 1.03 bits per heavy atom. The monoisotopic (exact) mass is 466 g/mol. The van der Waals surface area contributed by atoms with Gasteiger partial charge in [0.05, 0.1) is 5.39 Å². The number of nitrogens with one attached hydrogen (secondary N) is 1. The molecule has 6 heteroatoms.